The number of ether oxygens (including phenoxy) is 1. The Kier molecular flexibility index (Phi) is 5.76. The lowest BCUT2D eigenvalue weighted by Gasteiger charge is -2.31. The second-order valence-corrected chi connectivity index (χ2v) is 6.61. The van der Waals surface area contributed by atoms with E-state index < -0.39 is 15.3 Å². The molecule has 1 unspecified atom stereocenters. The van der Waals surface area contributed by atoms with E-state index in [2.05, 4.69) is 0 Å². The Balaban J connectivity index is 2.64. The number of hydrogen-bond acceptors (Lipinski definition) is 5. The van der Waals surface area contributed by atoms with E-state index in [4.69, 9.17) is 10.00 Å². The number of hydrogen-bond donors (Lipinski definition) is 0. The minimum absolute atomic E-state index is 0.228. The highest BCUT2D eigenvalue weighted by Crippen LogP contribution is 2.23. The van der Waals surface area contributed by atoms with Crippen molar-refractivity contribution < 1.29 is 17.9 Å². The zero-order valence-electron chi connectivity index (χ0n) is 11.3. The lowest BCUT2D eigenvalue weighted by molar-refractivity contribution is -0.149. The van der Waals surface area contributed by atoms with Gasteiger partial charge in [0.1, 0.15) is 0 Å². The van der Waals surface area contributed by atoms with E-state index in [1.54, 1.807) is 13.8 Å². The second kappa shape index (κ2) is 6.87. The largest absolute Gasteiger partial charge is 0.466 e. The maximum Gasteiger partial charge on any atom is 0.309 e. The summed E-state index contributed by atoms with van der Waals surface area (Å²) in [6.07, 6.45) is 1.19. The Labute approximate surface area is 114 Å². The predicted molar refractivity (Wildman–Crippen MR) is 69.5 cm³/mol. The van der Waals surface area contributed by atoms with E-state index in [9.17, 15) is 13.2 Å². The lowest BCUT2D eigenvalue weighted by atomic mass is 9.98. The summed E-state index contributed by atoms with van der Waals surface area (Å²) in [5.74, 6) is -0.486. The number of sulfonamides is 1. The van der Waals surface area contributed by atoms with Crippen LogP contribution in [0.25, 0.3) is 0 Å². The molecular weight excluding hydrogens is 268 g/mol. The first-order valence-corrected chi connectivity index (χ1v) is 8.02. The Bertz CT molecular complexity index is 447. The van der Waals surface area contributed by atoms with E-state index in [0.29, 0.717) is 19.4 Å². The van der Waals surface area contributed by atoms with Crippen LogP contribution in [0.3, 0.4) is 0 Å². The first-order valence-electron chi connectivity index (χ1n) is 6.52. The summed E-state index contributed by atoms with van der Waals surface area (Å²) < 4.78 is 30.5. The summed E-state index contributed by atoms with van der Waals surface area (Å²) in [5.41, 5.74) is 0. The summed E-state index contributed by atoms with van der Waals surface area (Å²) in [7, 11) is -3.57. The van der Waals surface area contributed by atoms with Crippen LogP contribution in [0, 0.1) is 17.2 Å². The maximum absolute atomic E-state index is 12.1. The van der Waals surface area contributed by atoms with Gasteiger partial charge in [0.2, 0.25) is 10.0 Å². The molecule has 19 heavy (non-hydrogen) atoms. The number of esters is 1. The SMILES string of the molecule is CCOC(=O)C1CCN(S(=O)(=O)C(C#N)CC)CC1. The van der Waals surface area contributed by atoms with Crippen molar-refractivity contribution in [1.29, 1.82) is 5.26 Å². The second-order valence-electron chi connectivity index (χ2n) is 4.50. The van der Waals surface area contributed by atoms with Crippen LogP contribution in [0.15, 0.2) is 0 Å². The van der Waals surface area contributed by atoms with Gasteiger partial charge >= 0.3 is 5.97 Å². The van der Waals surface area contributed by atoms with Gasteiger partial charge < -0.3 is 4.74 Å². The predicted octanol–water partition coefficient (Wildman–Crippen LogP) is 0.893. The molecule has 0 aromatic heterocycles. The van der Waals surface area contributed by atoms with Crippen LogP contribution < -0.4 is 0 Å². The van der Waals surface area contributed by atoms with Gasteiger partial charge in [-0.05, 0) is 26.2 Å². The highest BCUT2D eigenvalue weighted by molar-refractivity contribution is 7.90. The van der Waals surface area contributed by atoms with Crippen LogP contribution in [-0.2, 0) is 19.6 Å². The third-order valence-corrected chi connectivity index (χ3v) is 5.55. The normalized spacial score (nSPS) is 19.6. The van der Waals surface area contributed by atoms with Gasteiger partial charge in [-0.3, -0.25) is 4.79 Å². The quantitative estimate of drug-likeness (QED) is 0.701. The van der Waals surface area contributed by atoms with Crippen LogP contribution in [0.1, 0.15) is 33.1 Å². The molecule has 0 radical (unpaired) electrons. The number of piperidine rings is 1. The van der Waals surface area contributed by atoms with Crippen molar-refractivity contribution in [1.82, 2.24) is 4.31 Å². The standard InChI is InChI=1S/C12H20N2O4S/c1-3-11(9-13)19(16,17)14-7-5-10(6-8-14)12(15)18-4-2/h10-11H,3-8H2,1-2H3. The molecule has 0 bridgehead atoms. The fourth-order valence-electron chi connectivity index (χ4n) is 2.15. The van der Waals surface area contributed by atoms with Gasteiger partial charge in [0.25, 0.3) is 0 Å². The monoisotopic (exact) mass is 288 g/mol. The molecular formula is C12H20N2O4S. The molecule has 0 aromatic rings. The molecule has 108 valence electrons. The van der Waals surface area contributed by atoms with Gasteiger partial charge in [-0.2, -0.15) is 5.26 Å². The van der Waals surface area contributed by atoms with Crippen molar-refractivity contribution in [3.8, 4) is 6.07 Å². The minimum atomic E-state index is -3.57. The van der Waals surface area contributed by atoms with Gasteiger partial charge in [0.05, 0.1) is 18.6 Å². The van der Waals surface area contributed by atoms with E-state index in [-0.39, 0.29) is 31.4 Å². The van der Waals surface area contributed by atoms with Crippen LogP contribution >= 0.6 is 0 Å². The van der Waals surface area contributed by atoms with Gasteiger partial charge in [-0.25, -0.2) is 12.7 Å². The molecule has 0 N–H and O–H groups in total. The Morgan fingerprint density at radius 1 is 1.42 bits per heavy atom. The smallest absolute Gasteiger partial charge is 0.309 e. The van der Waals surface area contributed by atoms with E-state index in [1.807, 2.05) is 6.07 Å². The molecule has 1 saturated heterocycles. The van der Waals surface area contributed by atoms with Crippen molar-refractivity contribution in [2.45, 2.75) is 38.4 Å². The summed E-state index contributed by atoms with van der Waals surface area (Å²) in [4.78, 5) is 11.6. The molecule has 1 fully saturated rings. The third kappa shape index (κ3) is 3.67. The molecule has 7 heteroatoms. The summed E-state index contributed by atoms with van der Waals surface area (Å²) >= 11 is 0. The van der Waals surface area contributed by atoms with Crippen molar-refractivity contribution in [2.75, 3.05) is 19.7 Å². The van der Waals surface area contributed by atoms with Crippen LogP contribution in [-0.4, -0.2) is 43.6 Å². The molecule has 0 amide bonds. The molecule has 1 atom stereocenters. The first-order chi connectivity index (χ1) is 8.97. The first kappa shape index (κ1) is 15.9. The summed E-state index contributed by atoms with van der Waals surface area (Å²) in [6, 6.07) is 1.82. The number of nitriles is 1. The van der Waals surface area contributed by atoms with Gasteiger partial charge in [-0.1, -0.05) is 6.92 Å². The topological polar surface area (TPSA) is 87.5 Å². The number of rotatable bonds is 5. The van der Waals surface area contributed by atoms with Crippen LogP contribution in [0.2, 0.25) is 0 Å². The molecule has 0 aromatic carbocycles. The number of carbonyl (C=O) groups excluding carboxylic acids is 1. The molecule has 0 aliphatic carbocycles. The fourth-order valence-corrected chi connectivity index (χ4v) is 3.79. The van der Waals surface area contributed by atoms with Crippen molar-refractivity contribution in [2.24, 2.45) is 5.92 Å². The fraction of sp³-hybridized carbons (Fsp3) is 0.833. The Morgan fingerprint density at radius 2 is 2.00 bits per heavy atom. The average Bonchev–Trinajstić information content (AvgIpc) is 2.40. The highest BCUT2D eigenvalue weighted by Gasteiger charge is 2.35. The maximum atomic E-state index is 12.1. The molecule has 1 heterocycles. The molecule has 0 saturated carbocycles. The summed E-state index contributed by atoms with van der Waals surface area (Å²) in [6.45, 7) is 4.32. The highest BCUT2D eigenvalue weighted by atomic mass is 32.2. The zero-order valence-corrected chi connectivity index (χ0v) is 12.1. The van der Waals surface area contributed by atoms with Gasteiger partial charge in [0, 0.05) is 13.1 Å². The molecule has 1 rings (SSSR count). The average molecular weight is 288 g/mol. The molecule has 6 nitrogen and oxygen atoms in total. The number of carbonyl (C=O) groups is 1. The Morgan fingerprint density at radius 3 is 2.42 bits per heavy atom. The lowest BCUT2D eigenvalue weighted by Crippen LogP contribution is -2.44. The minimum Gasteiger partial charge on any atom is -0.466 e. The van der Waals surface area contributed by atoms with E-state index >= 15 is 0 Å². The van der Waals surface area contributed by atoms with Crippen molar-refractivity contribution in [3.05, 3.63) is 0 Å². The summed E-state index contributed by atoms with van der Waals surface area (Å²) in [5, 5.41) is 7.88. The Hall–Kier alpha value is -1.13. The van der Waals surface area contributed by atoms with E-state index in [1.165, 1.54) is 4.31 Å². The van der Waals surface area contributed by atoms with Gasteiger partial charge in [0.15, 0.2) is 5.25 Å². The van der Waals surface area contributed by atoms with Crippen molar-refractivity contribution >= 4 is 16.0 Å². The van der Waals surface area contributed by atoms with Crippen LogP contribution in [0.4, 0.5) is 0 Å². The third-order valence-electron chi connectivity index (χ3n) is 3.31. The van der Waals surface area contributed by atoms with E-state index in [0.717, 1.165) is 0 Å². The van der Waals surface area contributed by atoms with Crippen LogP contribution in [0.5, 0.6) is 0 Å². The number of nitrogens with zero attached hydrogens (tertiary/aromatic N) is 2. The molecule has 0 spiro atoms. The molecule has 1 aliphatic rings. The van der Waals surface area contributed by atoms with Gasteiger partial charge in [-0.15, -0.1) is 0 Å². The zero-order chi connectivity index (χ0) is 14.5. The molecule has 1 aliphatic heterocycles. The van der Waals surface area contributed by atoms with Crippen molar-refractivity contribution in [3.63, 3.8) is 0 Å².